The van der Waals surface area contributed by atoms with Gasteiger partial charge in [0.1, 0.15) is 12.3 Å². The third kappa shape index (κ3) is 4.27. The van der Waals surface area contributed by atoms with Gasteiger partial charge < -0.3 is 10.1 Å². The van der Waals surface area contributed by atoms with E-state index in [1.807, 2.05) is 0 Å². The monoisotopic (exact) mass is 408 g/mol. The first kappa shape index (κ1) is 18.5. The van der Waals surface area contributed by atoms with Crippen molar-refractivity contribution in [3.8, 4) is 5.75 Å². The van der Waals surface area contributed by atoms with E-state index in [4.69, 9.17) is 16.3 Å². The lowest BCUT2D eigenvalue weighted by Crippen LogP contribution is -2.36. The van der Waals surface area contributed by atoms with E-state index in [0.29, 0.717) is 15.8 Å². The number of amides is 3. The number of ether oxygens (including phenoxy) is 1. The standard InChI is InChI=1S/C17H13ClN2O4S2/c1-24-11-4-2-10(3-5-11)19-15(21)9-20-16(22)13(26-17(20)23)8-12-6-7-14(18)25-12/h2-8H,9H2,1H3,(H,19,21)/b13-8+. The molecule has 2 heterocycles. The maximum absolute atomic E-state index is 12.4. The highest BCUT2D eigenvalue weighted by Crippen LogP contribution is 2.34. The summed E-state index contributed by atoms with van der Waals surface area (Å²) in [5.74, 6) is -0.292. The molecule has 6 nitrogen and oxygen atoms in total. The Kier molecular flexibility index (Phi) is 5.65. The molecule has 0 saturated carbocycles. The van der Waals surface area contributed by atoms with E-state index in [1.54, 1.807) is 49.6 Å². The zero-order valence-electron chi connectivity index (χ0n) is 13.5. The first-order valence-corrected chi connectivity index (χ1v) is 9.42. The fourth-order valence-corrected chi connectivity index (χ4v) is 4.10. The number of thiophene rings is 1. The predicted octanol–water partition coefficient (Wildman–Crippen LogP) is 4.09. The number of methoxy groups -OCH3 is 1. The van der Waals surface area contributed by atoms with Gasteiger partial charge in [-0.2, -0.15) is 0 Å². The highest BCUT2D eigenvalue weighted by Gasteiger charge is 2.36. The van der Waals surface area contributed by atoms with Crippen molar-refractivity contribution in [3.63, 3.8) is 0 Å². The Balaban J connectivity index is 1.65. The Hall–Kier alpha value is -2.29. The molecule has 1 aliphatic heterocycles. The minimum atomic E-state index is -0.491. The summed E-state index contributed by atoms with van der Waals surface area (Å²) in [6, 6.07) is 10.2. The van der Waals surface area contributed by atoms with Crippen LogP contribution in [-0.4, -0.2) is 35.6 Å². The van der Waals surface area contributed by atoms with E-state index in [0.717, 1.165) is 21.5 Å². The van der Waals surface area contributed by atoms with Crippen LogP contribution in [0, 0.1) is 0 Å². The van der Waals surface area contributed by atoms with E-state index in [9.17, 15) is 14.4 Å². The Labute approximate surface area is 162 Å². The van der Waals surface area contributed by atoms with Crippen molar-refractivity contribution in [2.45, 2.75) is 0 Å². The minimum Gasteiger partial charge on any atom is -0.497 e. The number of carbonyl (C=O) groups is 3. The van der Waals surface area contributed by atoms with Gasteiger partial charge in [-0.3, -0.25) is 19.3 Å². The highest BCUT2D eigenvalue weighted by atomic mass is 35.5. The van der Waals surface area contributed by atoms with Gasteiger partial charge in [-0.15, -0.1) is 11.3 Å². The molecule has 1 aromatic heterocycles. The molecule has 0 aliphatic carbocycles. The number of halogens is 1. The summed E-state index contributed by atoms with van der Waals surface area (Å²) < 4.78 is 5.64. The molecule has 26 heavy (non-hydrogen) atoms. The average molecular weight is 409 g/mol. The summed E-state index contributed by atoms with van der Waals surface area (Å²) in [7, 11) is 1.55. The molecule has 1 fully saturated rings. The van der Waals surface area contributed by atoms with E-state index < -0.39 is 17.1 Å². The van der Waals surface area contributed by atoms with Gasteiger partial charge in [-0.1, -0.05) is 11.6 Å². The summed E-state index contributed by atoms with van der Waals surface area (Å²) >= 11 is 7.97. The molecule has 3 rings (SSSR count). The number of nitrogens with one attached hydrogen (secondary N) is 1. The van der Waals surface area contributed by atoms with Gasteiger partial charge in [0.15, 0.2) is 0 Å². The van der Waals surface area contributed by atoms with Crippen molar-refractivity contribution in [1.29, 1.82) is 0 Å². The minimum absolute atomic E-state index is 0.269. The normalized spacial score (nSPS) is 15.6. The zero-order valence-corrected chi connectivity index (χ0v) is 15.9. The molecule has 0 bridgehead atoms. The molecule has 0 radical (unpaired) electrons. The molecular weight excluding hydrogens is 396 g/mol. The van der Waals surface area contributed by atoms with Gasteiger partial charge in [0.05, 0.1) is 16.4 Å². The third-order valence-corrected chi connectivity index (χ3v) is 5.50. The van der Waals surface area contributed by atoms with Gasteiger partial charge >= 0.3 is 0 Å². The molecule has 1 aliphatic rings. The fraction of sp³-hybridized carbons (Fsp3) is 0.118. The van der Waals surface area contributed by atoms with Gasteiger partial charge in [0.25, 0.3) is 11.1 Å². The first-order valence-electron chi connectivity index (χ1n) is 7.41. The molecule has 9 heteroatoms. The van der Waals surface area contributed by atoms with Crippen LogP contribution >= 0.6 is 34.7 Å². The molecule has 1 N–H and O–H groups in total. The van der Waals surface area contributed by atoms with Crippen LogP contribution in [-0.2, 0) is 9.59 Å². The molecule has 0 atom stereocenters. The number of carbonyl (C=O) groups excluding carboxylic acids is 3. The maximum Gasteiger partial charge on any atom is 0.294 e. The van der Waals surface area contributed by atoms with E-state index >= 15 is 0 Å². The Bertz CT molecular complexity index is 892. The second-order valence-electron chi connectivity index (χ2n) is 5.19. The third-order valence-electron chi connectivity index (χ3n) is 3.42. The molecule has 0 unspecified atom stereocenters. The van der Waals surface area contributed by atoms with Crippen LogP contribution in [0.2, 0.25) is 4.34 Å². The van der Waals surface area contributed by atoms with Crippen LogP contribution in [0.15, 0.2) is 41.3 Å². The number of imide groups is 1. The Morgan fingerprint density at radius 1 is 1.23 bits per heavy atom. The lowest BCUT2D eigenvalue weighted by molar-refractivity contribution is -0.127. The Morgan fingerprint density at radius 2 is 1.96 bits per heavy atom. The van der Waals surface area contributed by atoms with Crippen molar-refractivity contribution in [2.75, 3.05) is 19.0 Å². The summed E-state index contributed by atoms with van der Waals surface area (Å²) in [5.41, 5.74) is 0.548. The van der Waals surface area contributed by atoms with Gasteiger partial charge in [0, 0.05) is 10.6 Å². The number of rotatable bonds is 5. The largest absolute Gasteiger partial charge is 0.497 e. The number of hydrogen-bond donors (Lipinski definition) is 1. The lowest BCUT2D eigenvalue weighted by Gasteiger charge is -2.12. The van der Waals surface area contributed by atoms with Crippen LogP contribution < -0.4 is 10.1 Å². The zero-order chi connectivity index (χ0) is 18.7. The molecule has 1 saturated heterocycles. The van der Waals surface area contributed by atoms with Crippen LogP contribution in [0.4, 0.5) is 10.5 Å². The van der Waals surface area contributed by atoms with Crippen LogP contribution in [0.25, 0.3) is 6.08 Å². The quantitative estimate of drug-likeness (QED) is 0.754. The maximum atomic E-state index is 12.4. The Morgan fingerprint density at radius 3 is 2.58 bits per heavy atom. The summed E-state index contributed by atoms with van der Waals surface area (Å²) in [5, 5.41) is 2.17. The van der Waals surface area contributed by atoms with Crippen molar-refractivity contribution in [2.24, 2.45) is 0 Å². The number of thioether (sulfide) groups is 1. The molecule has 1 aromatic carbocycles. The van der Waals surface area contributed by atoms with Gasteiger partial charge in [0.2, 0.25) is 5.91 Å². The molecule has 3 amide bonds. The predicted molar refractivity (Wildman–Crippen MR) is 104 cm³/mol. The summed E-state index contributed by atoms with van der Waals surface area (Å²) in [4.78, 5) is 38.6. The molecular formula is C17H13ClN2O4S2. The first-order chi connectivity index (χ1) is 12.5. The van der Waals surface area contributed by atoms with E-state index in [-0.39, 0.29) is 11.4 Å². The SMILES string of the molecule is COc1ccc(NC(=O)CN2C(=O)S/C(=C/c3ccc(Cl)s3)C2=O)cc1. The van der Waals surface area contributed by atoms with Crippen LogP contribution in [0.1, 0.15) is 4.88 Å². The lowest BCUT2D eigenvalue weighted by atomic mass is 10.3. The van der Waals surface area contributed by atoms with Crippen molar-refractivity contribution in [3.05, 3.63) is 50.5 Å². The van der Waals surface area contributed by atoms with Crippen molar-refractivity contribution >= 4 is 63.5 Å². The van der Waals surface area contributed by atoms with E-state index in [2.05, 4.69) is 5.32 Å². The topological polar surface area (TPSA) is 75.7 Å². The second kappa shape index (κ2) is 7.94. The number of anilines is 1. The van der Waals surface area contributed by atoms with Gasteiger partial charge in [-0.05, 0) is 54.2 Å². The number of hydrogen-bond acceptors (Lipinski definition) is 6. The van der Waals surface area contributed by atoms with Crippen LogP contribution in [0.5, 0.6) is 5.75 Å². The summed E-state index contributed by atoms with van der Waals surface area (Å²) in [6.07, 6.45) is 1.60. The molecule has 2 aromatic rings. The number of nitrogens with zero attached hydrogens (tertiary/aromatic N) is 1. The molecule has 0 spiro atoms. The van der Waals surface area contributed by atoms with Gasteiger partial charge in [-0.25, -0.2) is 0 Å². The highest BCUT2D eigenvalue weighted by molar-refractivity contribution is 8.18. The van der Waals surface area contributed by atoms with Crippen LogP contribution in [0.3, 0.4) is 0 Å². The molecule has 134 valence electrons. The van der Waals surface area contributed by atoms with Crippen molar-refractivity contribution < 1.29 is 19.1 Å². The number of benzene rings is 1. The second-order valence-corrected chi connectivity index (χ2v) is 7.93. The fourth-order valence-electron chi connectivity index (χ4n) is 2.19. The van der Waals surface area contributed by atoms with E-state index in [1.165, 1.54) is 11.3 Å². The average Bonchev–Trinajstić information content (AvgIpc) is 3.14. The smallest absolute Gasteiger partial charge is 0.294 e. The summed E-state index contributed by atoms with van der Waals surface area (Å²) in [6.45, 7) is -0.348. The van der Waals surface area contributed by atoms with Crippen molar-refractivity contribution in [1.82, 2.24) is 4.90 Å².